The average Bonchev–Trinajstić information content (AvgIpc) is 3.55. The molecule has 0 spiro atoms. The smallest absolute Gasteiger partial charge is 0.0514 e. The summed E-state index contributed by atoms with van der Waals surface area (Å²) in [6, 6.07) is 0.353. The van der Waals surface area contributed by atoms with Gasteiger partial charge >= 0.3 is 0 Å². The SMILES string of the molecule is CCC(/C=C/C1Cc2c(c(C)c(C)c3c(C)c(C)c(C)c(C)c23)N1C)=C\C=C1/Cc2c(c(C)c(C)c3c(C)c(C)c(C)c(C)c23)N1C. The highest BCUT2D eigenvalue weighted by Crippen LogP contribution is 2.47. The molecule has 0 radical (unpaired) electrons. The van der Waals surface area contributed by atoms with Gasteiger partial charge in [0.2, 0.25) is 0 Å². The fourth-order valence-electron chi connectivity index (χ4n) is 9.09. The first-order chi connectivity index (χ1) is 22.1. The monoisotopic (exact) mass is 624 g/mol. The van der Waals surface area contributed by atoms with Gasteiger partial charge in [0.05, 0.1) is 6.04 Å². The fraction of sp³-hybridized carbons (Fsp3) is 0.422. The van der Waals surface area contributed by atoms with E-state index in [9.17, 15) is 0 Å². The summed E-state index contributed by atoms with van der Waals surface area (Å²) in [6.45, 7) is 30.1. The van der Waals surface area contributed by atoms with E-state index in [4.69, 9.17) is 0 Å². The van der Waals surface area contributed by atoms with Crippen LogP contribution in [0.2, 0.25) is 0 Å². The molecule has 0 saturated carbocycles. The topological polar surface area (TPSA) is 6.48 Å². The van der Waals surface area contributed by atoms with Crippen LogP contribution in [0.25, 0.3) is 21.5 Å². The number of fused-ring (bicyclic) bond motifs is 6. The van der Waals surface area contributed by atoms with Crippen molar-refractivity contribution >= 4 is 32.9 Å². The lowest BCUT2D eigenvalue weighted by atomic mass is 9.84. The van der Waals surface area contributed by atoms with Gasteiger partial charge in [-0.3, -0.25) is 0 Å². The quantitative estimate of drug-likeness (QED) is 0.208. The Bertz CT molecular complexity index is 2110. The zero-order valence-corrected chi connectivity index (χ0v) is 31.9. The third-order valence-corrected chi connectivity index (χ3v) is 13.0. The highest BCUT2D eigenvalue weighted by atomic mass is 15.2. The van der Waals surface area contributed by atoms with E-state index >= 15 is 0 Å². The zero-order chi connectivity index (χ0) is 34.4. The lowest BCUT2D eigenvalue weighted by Gasteiger charge is -2.25. The maximum atomic E-state index is 2.54. The van der Waals surface area contributed by atoms with Crippen molar-refractivity contribution in [3.05, 3.63) is 113 Å². The van der Waals surface area contributed by atoms with Crippen LogP contribution in [0.5, 0.6) is 0 Å². The van der Waals surface area contributed by atoms with Crippen LogP contribution in [-0.4, -0.2) is 20.1 Å². The Balaban J connectivity index is 1.35. The van der Waals surface area contributed by atoms with Crippen molar-refractivity contribution in [1.29, 1.82) is 0 Å². The Morgan fingerprint density at radius 2 is 1.02 bits per heavy atom. The van der Waals surface area contributed by atoms with Gasteiger partial charge in [0.15, 0.2) is 0 Å². The van der Waals surface area contributed by atoms with Crippen LogP contribution in [0.1, 0.15) is 91.2 Å². The highest BCUT2D eigenvalue weighted by Gasteiger charge is 2.32. The molecule has 246 valence electrons. The number of likely N-dealkylation sites (N-methyl/N-ethyl adjacent to an activating group) is 2. The second-order valence-corrected chi connectivity index (χ2v) is 14.9. The van der Waals surface area contributed by atoms with Crippen molar-refractivity contribution in [2.75, 3.05) is 23.9 Å². The number of anilines is 2. The van der Waals surface area contributed by atoms with Gasteiger partial charge in [-0.1, -0.05) is 25.2 Å². The molecule has 1 unspecified atom stereocenters. The normalized spacial score (nSPS) is 17.4. The highest BCUT2D eigenvalue weighted by molar-refractivity contribution is 6.03. The molecule has 2 heterocycles. The molecule has 6 rings (SSSR count). The predicted octanol–water partition coefficient (Wildman–Crippen LogP) is 11.5. The van der Waals surface area contributed by atoms with E-state index in [1.807, 2.05) is 0 Å². The fourth-order valence-corrected chi connectivity index (χ4v) is 9.09. The van der Waals surface area contributed by atoms with Gasteiger partial charge in [-0.2, -0.15) is 0 Å². The van der Waals surface area contributed by atoms with E-state index in [0.29, 0.717) is 6.04 Å². The summed E-state index contributed by atoms with van der Waals surface area (Å²) in [5.41, 5.74) is 25.9. The van der Waals surface area contributed by atoms with Gasteiger partial charge in [0.25, 0.3) is 0 Å². The van der Waals surface area contributed by atoms with E-state index in [1.165, 1.54) is 122 Å². The summed E-state index contributed by atoms with van der Waals surface area (Å²) in [5.74, 6) is 0. The molecule has 0 N–H and O–H groups in total. The molecule has 4 aromatic carbocycles. The van der Waals surface area contributed by atoms with Crippen molar-refractivity contribution in [2.45, 2.75) is 115 Å². The third-order valence-electron chi connectivity index (χ3n) is 13.0. The lowest BCUT2D eigenvalue weighted by molar-refractivity contribution is 0.800. The molecule has 0 aliphatic carbocycles. The van der Waals surface area contributed by atoms with Crippen LogP contribution < -0.4 is 9.80 Å². The van der Waals surface area contributed by atoms with E-state index in [1.54, 1.807) is 0 Å². The molecule has 0 bridgehead atoms. The Kier molecular flexibility index (Phi) is 8.27. The van der Waals surface area contributed by atoms with Gasteiger partial charge in [-0.05, 0) is 207 Å². The molecule has 1 atom stereocenters. The molecule has 2 aliphatic heterocycles. The molecule has 0 saturated heterocycles. The van der Waals surface area contributed by atoms with Crippen molar-refractivity contribution in [1.82, 2.24) is 0 Å². The second-order valence-electron chi connectivity index (χ2n) is 14.9. The molecular formula is C45H56N2. The Hall–Kier alpha value is -3.78. The minimum Gasteiger partial charge on any atom is -0.367 e. The van der Waals surface area contributed by atoms with Gasteiger partial charge in [-0.25, -0.2) is 0 Å². The molecule has 2 nitrogen and oxygen atoms in total. The van der Waals surface area contributed by atoms with Gasteiger partial charge in [-0.15, -0.1) is 0 Å². The summed E-state index contributed by atoms with van der Waals surface area (Å²) in [7, 11) is 4.56. The van der Waals surface area contributed by atoms with Crippen LogP contribution in [0.4, 0.5) is 11.4 Å². The predicted molar refractivity (Wildman–Crippen MR) is 208 cm³/mol. The maximum absolute atomic E-state index is 2.54. The molecule has 2 aliphatic rings. The van der Waals surface area contributed by atoms with Gasteiger partial charge in [0.1, 0.15) is 0 Å². The van der Waals surface area contributed by atoms with Crippen molar-refractivity contribution in [2.24, 2.45) is 0 Å². The molecular weight excluding hydrogens is 569 g/mol. The summed E-state index contributed by atoms with van der Waals surface area (Å²) in [4.78, 5) is 5.00. The van der Waals surface area contributed by atoms with Crippen molar-refractivity contribution in [3.63, 3.8) is 0 Å². The summed E-state index contributed by atoms with van der Waals surface area (Å²) >= 11 is 0. The minimum atomic E-state index is 0.353. The first-order valence-corrected chi connectivity index (χ1v) is 17.7. The molecule has 4 aromatic rings. The van der Waals surface area contributed by atoms with E-state index < -0.39 is 0 Å². The molecule has 2 heteroatoms. The van der Waals surface area contributed by atoms with Crippen LogP contribution in [0, 0.1) is 83.1 Å². The second kappa shape index (κ2) is 11.7. The number of nitrogens with zero attached hydrogens (tertiary/aromatic N) is 2. The Labute approximate surface area is 284 Å². The molecule has 0 aromatic heterocycles. The molecule has 0 amide bonds. The number of hydrogen-bond donors (Lipinski definition) is 0. The van der Waals surface area contributed by atoms with E-state index in [-0.39, 0.29) is 0 Å². The van der Waals surface area contributed by atoms with Crippen LogP contribution in [0.3, 0.4) is 0 Å². The number of allylic oxidation sites excluding steroid dienone is 5. The Morgan fingerprint density at radius 1 is 0.574 bits per heavy atom. The van der Waals surface area contributed by atoms with Crippen LogP contribution in [-0.2, 0) is 12.8 Å². The number of rotatable bonds is 4. The van der Waals surface area contributed by atoms with Crippen molar-refractivity contribution in [3.8, 4) is 0 Å². The number of hydrogen-bond acceptors (Lipinski definition) is 2. The summed E-state index contributed by atoms with van der Waals surface area (Å²) in [6.07, 6.45) is 12.7. The van der Waals surface area contributed by atoms with Crippen LogP contribution >= 0.6 is 0 Å². The first kappa shape index (κ1) is 33.1. The maximum Gasteiger partial charge on any atom is 0.0514 e. The summed E-state index contributed by atoms with van der Waals surface area (Å²) in [5, 5.41) is 5.94. The average molecular weight is 625 g/mol. The molecule has 0 fully saturated rings. The number of benzene rings is 4. The van der Waals surface area contributed by atoms with E-state index in [2.05, 4.69) is 138 Å². The Morgan fingerprint density at radius 3 is 1.53 bits per heavy atom. The van der Waals surface area contributed by atoms with E-state index in [0.717, 1.165) is 19.3 Å². The lowest BCUT2D eigenvalue weighted by Crippen LogP contribution is -2.26. The van der Waals surface area contributed by atoms with Gasteiger partial charge in [0, 0.05) is 37.6 Å². The number of aryl methyl sites for hydroxylation is 6. The standard InChI is InChI=1S/C45H56N2/c1-16-35(17-19-36-21-38-42-29(8)25(4)23(2)27(6)40(42)31(10)33(12)44(38)46(36)14)18-20-37-22-39-43-30(9)26(5)24(3)28(7)41(43)32(11)34(13)45(39)47(37)15/h17-20,36H,16,21-22H2,1-15H3/b19-17+,35-18+,37-20+. The summed E-state index contributed by atoms with van der Waals surface area (Å²) < 4.78 is 0. The van der Waals surface area contributed by atoms with Crippen molar-refractivity contribution < 1.29 is 0 Å². The van der Waals surface area contributed by atoms with Gasteiger partial charge < -0.3 is 9.80 Å². The molecule has 47 heavy (non-hydrogen) atoms. The zero-order valence-electron chi connectivity index (χ0n) is 31.9. The minimum absolute atomic E-state index is 0.353. The van der Waals surface area contributed by atoms with Crippen LogP contribution in [0.15, 0.2) is 35.6 Å². The third kappa shape index (κ3) is 4.73. The first-order valence-electron chi connectivity index (χ1n) is 17.7. The largest absolute Gasteiger partial charge is 0.367 e.